The van der Waals surface area contributed by atoms with Crippen LogP contribution in [0.3, 0.4) is 0 Å². The molecule has 0 spiro atoms. The van der Waals surface area contributed by atoms with Crippen LogP contribution in [0.2, 0.25) is 0 Å². The van der Waals surface area contributed by atoms with Crippen LogP contribution in [0.25, 0.3) is 11.1 Å². The molecule has 2 aromatic carbocycles. The van der Waals surface area contributed by atoms with E-state index >= 15 is 0 Å². The van der Waals surface area contributed by atoms with Gasteiger partial charge in [-0.05, 0) is 28.7 Å². The molecule has 34 heavy (non-hydrogen) atoms. The fourth-order valence-corrected chi connectivity index (χ4v) is 4.15. The monoisotopic (exact) mass is 470 g/mol. The van der Waals surface area contributed by atoms with Crippen LogP contribution in [0.4, 0.5) is 4.79 Å². The van der Waals surface area contributed by atoms with E-state index in [4.69, 9.17) is 19.3 Å². The summed E-state index contributed by atoms with van der Waals surface area (Å²) in [5, 5.41) is 14.3. The summed E-state index contributed by atoms with van der Waals surface area (Å²) in [5.74, 6) is -1.73. The van der Waals surface area contributed by atoms with Gasteiger partial charge in [-0.1, -0.05) is 48.5 Å². The van der Waals surface area contributed by atoms with Crippen molar-refractivity contribution >= 4 is 18.0 Å². The Bertz CT molecular complexity index is 959. The first-order valence-corrected chi connectivity index (χ1v) is 11.1. The lowest BCUT2D eigenvalue weighted by Gasteiger charge is -2.23. The van der Waals surface area contributed by atoms with Gasteiger partial charge in [-0.25, -0.2) is 4.79 Å². The highest BCUT2D eigenvalue weighted by Gasteiger charge is 2.30. The molecule has 9 nitrogen and oxygen atoms in total. The number of rotatable bonds is 12. The van der Waals surface area contributed by atoms with Gasteiger partial charge in [0.15, 0.2) is 0 Å². The number of carbonyl (C=O) groups excluding carboxylic acids is 2. The molecule has 182 valence electrons. The molecule has 2 amide bonds. The van der Waals surface area contributed by atoms with Gasteiger partial charge in [-0.3, -0.25) is 9.59 Å². The minimum absolute atomic E-state index is 0.0853. The molecule has 1 aliphatic rings. The molecular weight excluding hydrogens is 440 g/mol. The number of fused-ring (bicyclic) bond motifs is 3. The van der Waals surface area contributed by atoms with E-state index in [0.29, 0.717) is 0 Å². The molecular formula is C25H30N2O7. The van der Waals surface area contributed by atoms with E-state index in [2.05, 4.69) is 10.6 Å². The van der Waals surface area contributed by atoms with Crippen molar-refractivity contribution in [2.45, 2.75) is 30.8 Å². The summed E-state index contributed by atoms with van der Waals surface area (Å²) in [6.07, 6.45) is -1.17. The third kappa shape index (κ3) is 6.33. The maximum atomic E-state index is 12.8. The number of carboxylic acid groups (broad SMARTS) is 1. The van der Waals surface area contributed by atoms with Crippen molar-refractivity contribution in [2.24, 2.45) is 0 Å². The van der Waals surface area contributed by atoms with E-state index in [0.717, 1.165) is 22.3 Å². The fourth-order valence-electron chi connectivity index (χ4n) is 4.15. The summed E-state index contributed by atoms with van der Waals surface area (Å²) >= 11 is 0. The number of hydrogen-bond donors (Lipinski definition) is 3. The molecule has 1 aliphatic carbocycles. The molecule has 1 unspecified atom stereocenters. The number of nitrogens with one attached hydrogen (secondary N) is 2. The van der Waals surface area contributed by atoms with E-state index in [1.54, 1.807) is 0 Å². The third-order valence-corrected chi connectivity index (χ3v) is 5.68. The summed E-state index contributed by atoms with van der Waals surface area (Å²) in [5.41, 5.74) is 4.35. The highest BCUT2D eigenvalue weighted by atomic mass is 16.5. The molecule has 0 saturated carbocycles. The molecule has 0 radical (unpaired) electrons. The van der Waals surface area contributed by atoms with Crippen molar-refractivity contribution in [3.63, 3.8) is 0 Å². The van der Waals surface area contributed by atoms with Crippen LogP contribution in [0.5, 0.6) is 0 Å². The van der Waals surface area contributed by atoms with Crippen LogP contribution in [-0.4, -0.2) is 69.2 Å². The third-order valence-electron chi connectivity index (χ3n) is 5.68. The van der Waals surface area contributed by atoms with Crippen LogP contribution in [0.1, 0.15) is 29.9 Å². The standard InChI is InChI=1S/C25H30N2O7/c1-32-13-16(14-33-2)26-24(30)22(11-12-23(28)29)27-25(31)34-15-21-19-9-5-3-7-17(19)18-8-4-6-10-20(18)21/h3-10,16,21-22H,11-15H2,1-2H3,(H,26,30)(H,27,31)(H,28,29). The Morgan fingerprint density at radius 3 is 2.00 bits per heavy atom. The quantitative estimate of drug-likeness (QED) is 0.436. The van der Waals surface area contributed by atoms with Crippen molar-refractivity contribution in [2.75, 3.05) is 34.0 Å². The molecule has 0 aromatic heterocycles. The van der Waals surface area contributed by atoms with Crippen molar-refractivity contribution < 1.29 is 33.7 Å². The zero-order chi connectivity index (χ0) is 24.5. The Kier molecular flexibility index (Phi) is 9.00. The Labute approximate surface area is 198 Å². The van der Waals surface area contributed by atoms with E-state index in [1.807, 2.05) is 48.5 Å². The van der Waals surface area contributed by atoms with Crippen molar-refractivity contribution in [3.05, 3.63) is 59.7 Å². The summed E-state index contributed by atoms with van der Waals surface area (Å²) in [4.78, 5) is 36.4. The number of alkyl carbamates (subject to hydrolysis) is 1. The van der Waals surface area contributed by atoms with Gasteiger partial charge in [0.1, 0.15) is 12.6 Å². The normalized spacial score (nSPS) is 13.1. The largest absolute Gasteiger partial charge is 0.481 e. The second-order valence-electron chi connectivity index (χ2n) is 8.07. The smallest absolute Gasteiger partial charge is 0.407 e. The molecule has 9 heteroatoms. The number of amides is 2. The molecule has 3 rings (SSSR count). The van der Waals surface area contributed by atoms with Gasteiger partial charge in [0.25, 0.3) is 0 Å². The number of carboxylic acids is 1. The van der Waals surface area contributed by atoms with Gasteiger partial charge in [-0.2, -0.15) is 0 Å². The fraction of sp³-hybridized carbons (Fsp3) is 0.400. The predicted octanol–water partition coefficient (Wildman–Crippen LogP) is 2.54. The van der Waals surface area contributed by atoms with Gasteiger partial charge in [0.2, 0.25) is 5.91 Å². The second kappa shape index (κ2) is 12.2. The second-order valence-corrected chi connectivity index (χ2v) is 8.07. The Balaban J connectivity index is 1.65. The number of ether oxygens (including phenoxy) is 3. The van der Waals surface area contributed by atoms with E-state index in [-0.39, 0.29) is 38.6 Å². The Morgan fingerprint density at radius 2 is 1.47 bits per heavy atom. The minimum Gasteiger partial charge on any atom is -0.481 e. The lowest BCUT2D eigenvalue weighted by molar-refractivity contribution is -0.137. The summed E-state index contributed by atoms with van der Waals surface area (Å²) in [7, 11) is 2.98. The van der Waals surface area contributed by atoms with Gasteiger partial charge in [-0.15, -0.1) is 0 Å². The number of hydrogen-bond acceptors (Lipinski definition) is 6. The molecule has 2 aromatic rings. The molecule has 0 bridgehead atoms. The molecule has 3 N–H and O–H groups in total. The Hall–Kier alpha value is -3.43. The first kappa shape index (κ1) is 25.2. The van der Waals surface area contributed by atoms with Crippen molar-refractivity contribution in [1.29, 1.82) is 0 Å². The van der Waals surface area contributed by atoms with Gasteiger partial charge >= 0.3 is 12.1 Å². The maximum Gasteiger partial charge on any atom is 0.407 e. The number of aliphatic carboxylic acids is 1. The van der Waals surface area contributed by atoms with E-state index in [1.165, 1.54) is 14.2 Å². The lowest BCUT2D eigenvalue weighted by Crippen LogP contribution is -2.52. The summed E-state index contributed by atoms with van der Waals surface area (Å²) in [6.45, 7) is 0.495. The zero-order valence-corrected chi connectivity index (χ0v) is 19.3. The topological polar surface area (TPSA) is 123 Å². The van der Waals surface area contributed by atoms with Crippen LogP contribution in [0, 0.1) is 0 Å². The number of methoxy groups -OCH3 is 2. The zero-order valence-electron chi connectivity index (χ0n) is 19.3. The average molecular weight is 471 g/mol. The van der Waals surface area contributed by atoms with Gasteiger partial charge in [0, 0.05) is 26.6 Å². The van der Waals surface area contributed by atoms with Gasteiger partial charge in [0.05, 0.1) is 19.3 Å². The average Bonchev–Trinajstić information content (AvgIpc) is 3.14. The summed E-state index contributed by atoms with van der Waals surface area (Å²) < 4.78 is 15.6. The lowest BCUT2D eigenvalue weighted by atomic mass is 9.98. The molecule has 0 heterocycles. The highest BCUT2D eigenvalue weighted by molar-refractivity contribution is 5.86. The van der Waals surface area contributed by atoms with Gasteiger partial charge < -0.3 is 30.0 Å². The number of carbonyl (C=O) groups is 3. The first-order chi connectivity index (χ1) is 16.4. The molecule has 0 saturated heterocycles. The summed E-state index contributed by atoms with van der Waals surface area (Å²) in [6, 6.07) is 14.4. The molecule has 0 aliphatic heterocycles. The van der Waals surface area contributed by atoms with Crippen LogP contribution in [0.15, 0.2) is 48.5 Å². The van der Waals surface area contributed by atoms with Crippen LogP contribution < -0.4 is 10.6 Å². The van der Waals surface area contributed by atoms with E-state index in [9.17, 15) is 14.4 Å². The number of benzene rings is 2. The van der Waals surface area contributed by atoms with Crippen LogP contribution in [-0.2, 0) is 23.8 Å². The maximum absolute atomic E-state index is 12.8. The van der Waals surface area contributed by atoms with E-state index < -0.39 is 30.1 Å². The minimum atomic E-state index is -1.08. The first-order valence-electron chi connectivity index (χ1n) is 11.1. The Morgan fingerprint density at radius 1 is 0.912 bits per heavy atom. The van der Waals surface area contributed by atoms with Crippen molar-refractivity contribution in [3.8, 4) is 11.1 Å². The predicted molar refractivity (Wildman–Crippen MR) is 125 cm³/mol. The van der Waals surface area contributed by atoms with Crippen LogP contribution >= 0.6 is 0 Å². The van der Waals surface area contributed by atoms with Crippen molar-refractivity contribution in [1.82, 2.24) is 10.6 Å². The molecule has 1 atom stereocenters. The molecule has 0 fully saturated rings. The highest BCUT2D eigenvalue weighted by Crippen LogP contribution is 2.44. The SMILES string of the molecule is COCC(COC)NC(=O)C(CCC(=O)O)NC(=O)OCC1c2ccccc2-c2ccccc21.